The molecule has 0 radical (unpaired) electrons. The minimum atomic E-state index is -4.22. The van der Waals surface area contributed by atoms with Gasteiger partial charge in [0.05, 0.1) is 0 Å². The van der Waals surface area contributed by atoms with Crippen LogP contribution in [0.15, 0.2) is 18.2 Å². The molecule has 1 aromatic rings. The molecule has 0 bridgehead atoms. The van der Waals surface area contributed by atoms with Crippen LogP contribution in [0.3, 0.4) is 0 Å². The molecule has 0 atom stereocenters. The summed E-state index contributed by atoms with van der Waals surface area (Å²) in [6.45, 7) is -1.01. The van der Waals surface area contributed by atoms with Gasteiger partial charge in [-0.2, -0.15) is 13.2 Å². The van der Waals surface area contributed by atoms with E-state index in [0.29, 0.717) is 11.6 Å². The van der Waals surface area contributed by atoms with Crippen LogP contribution in [-0.4, -0.2) is 31.8 Å². The molecule has 84 valence electrons. The van der Waals surface area contributed by atoms with Gasteiger partial charge in [0, 0.05) is 14.1 Å². The molecule has 1 N–H and O–H groups in total. The third-order valence-electron chi connectivity index (χ3n) is 1.80. The quantitative estimate of drug-likeness (QED) is 0.844. The molecule has 6 heteroatoms. The van der Waals surface area contributed by atoms with Crippen molar-refractivity contribution < 1.29 is 13.2 Å². The Morgan fingerprint density at radius 2 is 2.07 bits per heavy atom. The second-order valence-electron chi connectivity index (χ2n) is 3.10. The highest BCUT2D eigenvalue weighted by Gasteiger charge is 2.29. The first-order valence-electron chi connectivity index (χ1n) is 4.35. The Balaban J connectivity index is 2.77. The molecule has 0 aliphatic heterocycles. The average molecular weight is 219 g/mol. The molecule has 1 rings (SSSR count). The zero-order chi connectivity index (χ0) is 11.5. The fourth-order valence-electron chi connectivity index (χ4n) is 1.13. The summed E-state index contributed by atoms with van der Waals surface area (Å²) in [5.41, 5.74) is 0. The van der Waals surface area contributed by atoms with E-state index in [-0.39, 0.29) is 0 Å². The molecule has 0 amide bonds. The summed E-state index contributed by atoms with van der Waals surface area (Å²) in [6, 6.07) is 4.87. The number of hydrogen-bond donors (Lipinski definition) is 1. The summed E-state index contributed by atoms with van der Waals surface area (Å²) < 4.78 is 36.3. The topological polar surface area (TPSA) is 28.2 Å². The van der Waals surface area contributed by atoms with E-state index < -0.39 is 12.7 Å². The number of rotatable bonds is 3. The summed E-state index contributed by atoms with van der Waals surface area (Å²) in [4.78, 5) is 5.05. The lowest BCUT2D eigenvalue weighted by molar-refractivity contribution is -0.119. The highest BCUT2D eigenvalue weighted by Crippen LogP contribution is 2.20. The molecular weight excluding hydrogens is 207 g/mol. The van der Waals surface area contributed by atoms with Crippen LogP contribution in [0.5, 0.6) is 0 Å². The van der Waals surface area contributed by atoms with Crippen molar-refractivity contribution in [1.82, 2.24) is 4.98 Å². The van der Waals surface area contributed by atoms with E-state index in [1.165, 1.54) is 13.1 Å². The smallest absolute Gasteiger partial charge is 0.373 e. The van der Waals surface area contributed by atoms with Crippen LogP contribution in [0.2, 0.25) is 0 Å². The summed E-state index contributed by atoms with van der Waals surface area (Å²) >= 11 is 0. The van der Waals surface area contributed by atoms with Crippen LogP contribution in [-0.2, 0) is 0 Å². The monoisotopic (exact) mass is 219 g/mol. The Kier molecular flexibility index (Phi) is 3.39. The summed E-state index contributed by atoms with van der Waals surface area (Å²) in [5.74, 6) is 0.834. The number of pyridine rings is 1. The third kappa shape index (κ3) is 3.65. The van der Waals surface area contributed by atoms with Crippen LogP contribution >= 0.6 is 0 Å². The lowest BCUT2D eigenvalue weighted by Crippen LogP contribution is -2.31. The Bertz CT molecular complexity index is 325. The second-order valence-corrected chi connectivity index (χ2v) is 3.10. The minimum absolute atomic E-state index is 0.291. The van der Waals surface area contributed by atoms with Crippen molar-refractivity contribution in [2.24, 2.45) is 0 Å². The summed E-state index contributed by atoms with van der Waals surface area (Å²) in [6.07, 6.45) is -4.22. The SMILES string of the molecule is CNc1cccc(N(C)CC(F)(F)F)n1. The van der Waals surface area contributed by atoms with Gasteiger partial charge >= 0.3 is 6.18 Å². The molecule has 0 saturated carbocycles. The minimum Gasteiger partial charge on any atom is -0.373 e. The molecule has 0 aliphatic rings. The zero-order valence-corrected chi connectivity index (χ0v) is 8.47. The molecule has 0 fully saturated rings. The summed E-state index contributed by atoms with van der Waals surface area (Å²) in [5, 5.41) is 2.77. The number of nitrogens with one attached hydrogen (secondary N) is 1. The predicted octanol–water partition coefficient (Wildman–Crippen LogP) is 2.12. The van der Waals surface area contributed by atoms with Crippen molar-refractivity contribution >= 4 is 11.6 Å². The molecule has 1 aromatic heterocycles. The van der Waals surface area contributed by atoms with Gasteiger partial charge in [0.25, 0.3) is 0 Å². The van der Waals surface area contributed by atoms with Gasteiger partial charge in [-0.05, 0) is 12.1 Å². The largest absolute Gasteiger partial charge is 0.405 e. The average Bonchev–Trinajstić information content (AvgIpc) is 2.15. The molecule has 0 unspecified atom stereocenters. The first-order chi connectivity index (χ1) is 6.92. The van der Waals surface area contributed by atoms with E-state index in [0.717, 1.165) is 4.90 Å². The number of halogens is 3. The molecule has 0 aliphatic carbocycles. The number of anilines is 2. The van der Waals surface area contributed by atoms with E-state index in [1.54, 1.807) is 19.2 Å². The van der Waals surface area contributed by atoms with E-state index >= 15 is 0 Å². The Labute approximate surface area is 85.9 Å². The fraction of sp³-hybridized carbons (Fsp3) is 0.444. The molecular formula is C9H12F3N3. The Morgan fingerprint density at radius 1 is 1.40 bits per heavy atom. The van der Waals surface area contributed by atoms with Crippen molar-refractivity contribution in [2.75, 3.05) is 30.9 Å². The van der Waals surface area contributed by atoms with Crippen LogP contribution in [0.4, 0.5) is 24.8 Å². The van der Waals surface area contributed by atoms with Crippen LogP contribution in [0.25, 0.3) is 0 Å². The molecule has 0 spiro atoms. The van der Waals surface area contributed by atoms with E-state index in [1.807, 2.05) is 0 Å². The van der Waals surface area contributed by atoms with Crippen LogP contribution in [0, 0.1) is 0 Å². The molecule has 1 heterocycles. The lowest BCUT2D eigenvalue weighted by Gasteiger charge is -2.20. The Hall–Kier alpha value is -1.46. The Morgan fingerprint density at radius 3 is 2.60 bits per heavy atom. The second kappa shape index (κ2) is 4.37. The standard InChI is InChI=1S/C9H12F3N3/c1-13-7-4-3-5-8(14-7)15(2)6-9(10,11)12/h3-5H,6H2,1-2H3,(H,13,14). The molecule has 3 nitrogen and oxygen atoms in total. The van der Waals surface area contributed by atoms with Crippen molar-refractivity contribution in [3.05, 3.63) is 18.2 Å². The third-order valence-corrected chi connectivity index (χ3v) is 1.80. The molecule has 0 saturated heterocycles. The zero-order valence-electron chi connectivity index (χ0n) is 8.47. The van der Waals surface area contributed by atoms with Gasteiger partial charge in [0.15, 0.2) is 0 Å². The van der Waals surface area contributed by atoms with E-state index in [4.69, 9.17) is 0 Å². The van der Waals surface area contributed by atoms with Gasteiger partial charge in [-0.1, -0.05) is 6.07 Å². The fourth-order valence-corrected chi connectivity index (χ4v) is 1.13. The van der Waals surface area contributed by atoms with E-state index in [9.17, 15) is 13.2 Å². The number of nitrogens with zero attached hydrogens (tertiary/aromatic N) is 2. The first-order valence-corrected chi connectivity index (χ1v) is 4.35. The van der Waals surface area contributed by atoms with Crippen molar-refractivity contribution in [3.8, 4) is 0 Å². The maximum Gasteiger partial charge on any atom is 0.405 e. The molecule has 15 heavy (non-hydrogen) atoms. The first kappa shape index (κ1) is 11.6. The van der Waals surface area contributed by atoms with Gasteiger partial charge in [-0.3, -0.25) is 0 Å². The maximum absolute atomic E-state index is 12.1. The maximum atomic E-state index is 12.1. The van der Waals surface area contributed by atoms with E-state index in [2.05, 4.69) is 10.3 Å². The van der Waals surface area contributed by atoms with Gasteiger partial charge in [0.2, 0.25) is 0 Å². The van der Waals surface area contributed by atoms with Gasteiger partial charge in [-0.15, -0.1) is 0 Å². The number of alkyl halides is 3. The van der Waals surface area contributed by atoms with Crippen molar-refractivity contribution in [1.29, 1.82) is 0 Å². The lowest BCUT2D eigenvalue weighted by atomic mass is 10.4. The van der Waals surface area contributed by atoms with Crippen molar-refractivity contribution in [3.63, 3.8) is 0 Å². The number of hydrogen-bond acceptors (Lipinski definition) is 3. The highest BCUT2D eigenvalue weighted by atomic mass is 19.4. The normalized spacial score (nSPS) is 11.3. The predicted molar refractivity (Wildman–Crippen MR) is 53.1 cm³/mol. The number of aromatic nitrogens is 1. The van der Waals surface area contributed by atoms with Crippen LogP contribution < -0.4 is 10.2 Å². The van der Waals surface area contributed by atoms with Gasteiger partial charge < -0.3 is 10.2 Å². The molecule has 0 aromatic carbocycles. The van der Waals surface area contributed by atoms with Gasteiger partial charge in [0.1, 0.15) is 18.2 Å². The van der Waals surface area contributed by atoms with Gasteiger partial charge in [-0.25, -0.2) is 4.98 Å². The highest BCUT2D eigenvalue weighted by molar-refractivity contribution is 5.46. The summed E-state index contributed by atoms with van der Waals surface area (Å²) in [7, 11) is 3.02. The van der Waals surface area contributed by atoms with Crippen molar-refractivity contribution in [2.45, 2.75) is 6.18 Å². The van der Waals surface area contributed by atoms with Crippen LogP contribution in [0.1, 0.15) is 0 Å².